The summed E-state index contributed by atoms with van der Waals surface area (Å²) in [5.41, 5.74) is 6.33. The average Bonchev–Trinajstić information content (AvgIpc) is 2.06. The van der Waals surface area contributed by atoms with E-state index in [9.17, 15) is 0 Å². The second-order valence-electron chi connectivity index (χ2n) is 4.17. The zero-order chi connectivity index (χ0) is 10.8. The van der Waals surface area contributed by atoms with Crippen molar-refractivity contribution in [3.8, 4) is 5.88 Å². The lowest BCUT2D eigenvalue weighted by atomic mass is 10.1. The third-order valence-electron chi connectivity index (χ3n) is 1.60. The molecule has 1 rings (SSSR count). The number of nitrogens with one attached hydrogen (secondary N) is 1. The number of anilines is 2. The molecule has 0 aliphatic heterocycles. The maximum absolute atomic E-state index is 5.77. The maximum Gasteiger partial charge on any atom is 0.215 e. The highest BCUT2D eigenvalue weighted by Gasteiger charge is 2.12. The van der Waals surface area contributed by atoms with Crippen LogP contribution in [-0.2, 0) is 0 Å². The molecule has 1 aromatic heterocycles. The summed E-state index contributed by atoms with van der Waals surface area (Å²) in [4.78, 5) is 4.22. The van der Waals surface area contributed by atoms with E-state index in [2.05, 4.69) is 10.3 Å². The summed E-state index contributed by atoms with van der Waals surface area (Å²) in [6, 6.07) is 3.52. The third kappa shape index (κ3) is 2.80. The largest absolute Gasteiger partial charge is 0.481 e. The highest BCUT2D eigenvalue weighted by Crippen LogP contribution is 2.22. The van der Waals surface area contributed by atoms with Gasteiger partial charge in [-0.15, -0.1) is 0 Å². The fourth-order valence-electron chi connectivity index (χ4n) is 1.02. The number of pyridine rings is 1. The zero-order valence-corrected chi connectivity index (χ0v) is 9.09. The first kappa shape index (κ1) is 10.6. The van der Waals surface area contributed by atoms with E-state index < -0.39 is 0 Å². The summed E-state index contributed by atoms with van der Waals surface area (Å²) in [6.07, 6.45) is 0. The van der Waals surface area contributed by atoms with Gasteiger partial charge in [0.2, 0.25) is 5.88 Å². The number of aromatic nitrogens is 1. The van der Waals surface area contributed by atoms with E-state index in [4.69, 9.17) is 10.5 Å². The number of rotatable bonds is 2. The van der Waals surface area contributed by atoms with E-state index in [0.717, 1.165) is 0 Å². The van der Waals surface area contributed by atoms with Gasteiger partial charge in [0.05, 0.1) is 12.8 Å². The van der Waals surface area contributed by atoms with Gasteiger partial charge in [-0.1, -0.05) is 0 Å². The van der Waals surface area contributed by atoms with Gasteiger partial charge in [0.25, 0.3) is 0 Å². The smallest absolute Gasteiger partial charge is 0.215 e. The number of methoxy groups -OCH3 is 1. The van der Waals surface area contributed by atoms with Gasteiger partial charge in [-0.05, 0) is 26.8 Å². The molecule has 0 saturated heterocycles. The third-order valence-corrected chi connectivity index (χ3v) is 1.60. The van der Waals surface area contributed by atoms with Gasteiger partial charge in [0, 0.05) is 11.6 Å². The van der Waals surface area contributed by atoms with E-state index in [1.54, 1.807) is 19.2 Å². The molecule has 4 nitrogen and oxygen atoms in total. The number of nitrogens with zero attached hydrogens (tertiary/aromatic N) is 1. The minimum absolute atomic E-state index is 0.0620. The molecule has 0 aromatic carbocycles. The Morgan fingerprint density at radius 2 is 2.00 bits per heavy atom. The van der Waals surface area contributed by atoms with Crippen LogP contribution in [0, 0.1) is 0 Å². The highest BCUT2D eigenvalue weighted by molar-refractivity contribution is 5.62. The zero-order valence-electron chi connectivity index (χ0n) is 9.09. The van der Waals surface area contributed by atoms with Crippen molar-refractivity contribution in [2.24, 2.45) is 0 Å². The lowest BCUT2D eigenvalue weighted by Gasteiger charge is -2.22. The molecule has 0 aliphatic carbocycles. The minimum atomic E-state index is -0.0620. The molecule has 1 heterocycles. The van der Waals surface area contributed by atoms with Crippen LogP contribution in [0.15, 0.2) is 12.1 Å². The van der Waals surface area contributed by atoms with Crippen LogP contribution in [0.2, 0.25) is 0 Å². The SMILES string of the molecule is COc1ccc(N)c(NC(C)(C)C)n1. The fourth-order valence-corrected chi connectivity index (χ4v) is 1.02. The van der Waals surface area contributed by atoms with Gasteiger partial charge in [-0.25, -0.2) is 0 Å². The van der Waals surface area contributed by atoms with Gasteiger partial charge in [-0.3, -0.25) is 0 Å². The predicted molar refractivity (Wildman–Crippen MR) is 58.6 cm³/mol. The van der Waals surface area contributed by atoms with Gasteiger partial charge >= 0.3 is 0 Å². The molecule has 0 radical (unpaired) electrons. The van der Waals surface area contributed by atoms with Crippen molar-refractivity contribution in [2.75, 3.05) is 18.2 Å². The highest BCUT2D eigenvalue weighted by atomic mass is 16.5. The maximum atomic E-state index is 5.77. The van der Waals surface area contributed by atoms with Crippen LogP contribution < -0.4 is 15.8 Å². The average molecular weight is 195 g/mol. The van der Waals surface area contributed by atoms with E-state index in [0.29, 0.717) is 17.4 Å². The van der Waals surface area contributed by atoms with E-state index in [-0.39, 0.29) is 5.54 Å². The summed E-state index contributed by atoms with van der Waals surface area (Å²) >= 11 is 0. The quantitative estimate of drug-likeness (QED) is 0.756. The molecule has 1 aromatic rings. The first-order chi connectivity index (χ1) is 6.42. The Hall–Kier alpha value is -1.45. The Kier molecular flexibility index (Phi) is 2.84. The number of hydrogen-bond acceptors (Lipinski definition) is 4. The monoisotopic (exact) mass is 195 g/mol. The van der Waals surface area contributed by atoms with Crippen molar-refractivity contribution < 1.29 is 4.74 Å². The standard InChI is InChI=1S/C10H17N3O/c1-10(2,3)13-9-7(11)5-6-8(12-9)14-4/h5-6H,11H2,1-4H3,(H,12,13). The normalized spacial score (nSPS) is 11.1. The van der Waals surface area contributed by atoms with Crippen LogP contribution in [0.25, 0.3) is 0 Å². The molecule has 14 heavy (non-hydrogen) atoms. The Morgan fingerprint density at radius 1 is 1.36 bits per heavy atom. The molecule has 0 aliphatic rings. The minimum Gasteiger partial charge on any atom is -0.481 e. The van der Waals surface area contributed by atoms with Crippen molar-refractivity contribution in [1.82, 2.24) is 4.98 Å². The second kappa shape index (κ2) is 3.74. The molecular formula is C10H17N3O. The summed E-state index contributed by atoms with van der Waals surface area (Å²) in [5, 5.41) is 3.21. The molecule has 0 spiro atoms. The van der Waals surface area contributed by atoms with Gasteiger partial charge in [0.15, 0.2) is 5.82 Å². The topological polar surface area (TPSA) is 60.2 Å². The van der Waals surface area contributed by atoms with E-state index in [1.807, 2.05) is 20.8 Å². The predicted octanol–water partition coefficient (Wildman–Crippen LogP) is 1.88. The van der Waals surface area contributed by atoms with Gasteiger partial charge < -0.3 is 15.8 Å². The van der Waals surface area contributed by atoms with Crippen LogP contribution in [0.5, 0.6) is 5.88 Å². The van der Waals surface area contributed by atoms with Crippen LogP contribution >= 0.6 is 0 Å². The lowest BCUT2D eigenvalue weighted by Crippen LogP contribution is -2.27. The molecule has 0 bridgehead atoms. The molecule has 0 saturated carbocycles. The van der Waals surface area contributed by atoms with Crippen LogP contribution in [0.4, 0.5) is 11.5 Å². The Labute approximate surface area is 84.5 Å². The van der Waals surface area contributed by atoms with Crippen LogP contribution in [0.3, 0.4) is 0 Å². The molecule has 0 unspecified atom stereocenters. The lowest BCUT2D eigenvalue weighted by molar-refractivity contribution is 0.398. The Morgan fingerprint density at radius 3 is 2.50 bits per heavy atom. The molecule has 4 heteroatoms. The Bertz CT molecular complexity index is 318. The first-order valence-electron chi connectivity index (χ1n) is 4.51. The van der Waals surface area contributed by atoms with Crippen molar-refractivity contribution in [3.63, 3.8) is 0 Å². The van der Waals surface area contributed by atoms with Crippen molar-refractivity contribution >= 4 is 11.5 Å². The number of nitrogen functional groups attached to an aromatic ring is 1. The van der Waals surface area contributed by atoms with E-state index >= 15 is 0 Å². The molecule has 0 amide bonds. The van der Waals surface area contributed by atoms with Gasteiger partial charge in [-0.2, -0.15) is 4.98 Å². The van der Waals surface area contributed by atoms with Crippen molar-refractivity contribution in [2.45, 2.75) is 26.3 Å². The summed E-state index contributed by atoms with van der Waals surface area (Å²) in [5.74, 6) is 1.22. The summed E-state index contributed by atoms with van der Waals surface area (Å²) in [7, 11) is 1.58. The number of hydrogen-bond donors (Lipinski definition) is 2. The second-order valence-corrected chi connectivity index (χ2v) is 4.17. The van der Waals surface area contributed by atoms with Crippen molar-refractivity contribution in [1.29, 1.82) is 0 Å². The van der Waals surface area contributed by atoms with Gasteiger partial charge in [0.1, 0.15) is 0 Å². The number of nitrogens with two attached hydrogens (primary N) is 1. The number of ether oxygens (including phenoxy) is 1. The van der Waals surface area contributed by atoms with E-state index in [1.165, 1.54) is 0 Å². The fraction of sp³-hybridized carbons (Fsp3) is 0.500. The first-order valence-corrected chi connectivity index (χ1v) is 4.51. The molecule has 78 valence electrons. The molecule has 0 atom stereocenters. The molecule has 3 N–H and O–H groups in total. The summed E-state index contributed by atoms with van der Waals surface area (Å²) in [6.45, 7) is 6.15. The van der Waals surface area contributed by atoms with Crippen molar-refractivity contribution in [3.05, 3.63) is 12.1 Å². The molecular weight excluding hydrogens is 178 g/mol. The van der Waals surface area contributed by atoms with Crippen LogP contribution in [-0.4, -0.2) is 17.6 Å². The summed E-state index contributed by atoms with van der Waals surface area (Å²) < 4.78 is 5.02. The molecule has 0 fully saturated rings. The Balaban J connectivity index is 2.95. The van der Waals surface area contributed by atoms with Crippen LogP contribution in [0.1, 0.15) is 20.8 Å².